The van der Waals surface area contributed by atoms with E-state index in [-0.39, 0.29) is 12.5 Å². The predicted octanol–water partition coefficient (Wildman–Crippen LogP) is 2.56. The van der Waals surface area contributed by atoms with Gasteiger partial charge in [-0.2, -0.15) is 0 Å². The van der Waals surface area contributed by atoms with Gasteiger partial charge in [0.05, 0.1) is 11.1 Å². The lowest BCUT2D eigenvalue weighted by molar-refractivity contribution is -0.130. The molecule has 0 spiro atoms. The zero-order valence-electron chi connectivity index (χ0n) is 14.6. The number of nitrogens with zero attached hydrogens (tertiary/aromatic N) is 2. The molecule has 1 heterocycles. The highest BCUT2D eigenvalue weighted by molar-refractivity contribution is 6.22. The van der Waals surface area contributed by atoms with Gasteiger partial charge in [0, 0.05) is 13.6 Å². The van der Waals surface area contributed by atoms with Crippen LogP contribution < -0.4 is 0 Å². The van der Waals surface area contributed by atoms with Crippen molar-refractivity contribution in [3.8, 4) is 0 Å². The zero-order valence-corrected chi connectivity index (χ0v) is 14.6. The Morgan fingerprint density at radius 2 is 1.68 bits per heavy atom. The van der Waals surface area contributed by atoms with Gasteiger partial charge in [0.2, 0.25) is 5.91 Å². The number of amides is 3. The molecule has 2 aromatic carbocycles. The number of carbonyl (C=O) groups is 3. The molecule has 0 saturated heterocycles. The van der Waals surface area contributed by atoms with Crippen molar-refractivity contribution in [3.63, 3.8) is 0 Å². The van der Waals surface area contributed by atoms with E-state index in [0.29, 0.717) is 17.7 Å². The van der Waals surface area contributed by atoms with E-state index in [1.807, 2.05) is 38.1 Å². The van der Waals surface area contributed by atoms with Gasteiger partial charge in [-0.3, -0.25) is 19.3 Å². The van der Waals surface area contributed by atoms with Crippen molar-refractivity contribution >= 4 is 17.7 Å². The maximum Gasteiger partial charge on any atom is 0.262 e. The van der Waals surface area contributed by atoms with E-state index < -0.39 is 11.8 Å². The van der Waals surface area contributed by atoms with Gasteiger partial charge < -0.3 is 4.90 Å². The Morgan fingerprint density at radius 1 is 1.00 bits per heavy atom. The lowest BCUT2D eigenvalue weighted by atomic mass is 10.1. The van der Waals surface area contributed by atoms with Gasteiger partial charge in [0.25, 0.3) is 11.8 Å². The van der Waals surface area contributed by atoms with Gasteiger partial charge in [-0.25, -0.2) is 0 Å². The third kappa shape index (κ3) is 3.18. The minimum Gasteiger partial charge on any atom is -0.340 e. The average Bonchev–Trinajstić information content (AvgIpc) is 2.81. The Bertz CT molecular complexity index is 873. The van der Waals surface area contributed by atoms with Crippen LogP contribution in [0.5, 0.6) is 0 Å². The van der Waals surface area contributed by atoms with Crippen molar-refractivity contribution in [2.75, 3.05) is 13.6 Å². The maximum absolute atomic E-state index is 12.5. The minimum absolute atomic E-state index is 0.242. The number of imide groups is 1. The summed E-state index contributed by atoms with van der Waals surface area (Å²) in [4.78, 5) is 40.0. The summed E-state index contributed by atoms with van der Waals surface area (Å²) in [6.07, 6.45) is 0. The number of fused-ring (bicyclic) bond motifs is 1. The summed E-state index contributed by atoms with van der Waals surface area (Å²) < 4.78 is 0. The molecular weight excluding hydrogens is 316 g/mol. The topological polar surface area (TPSA) is 57.7 Å². The monoisotopic (exact) mass is 336 g/mol. The molecule has 0 atom stereocenters. The van der Waals surface area contributed by atoms with Crippen molar-refractivity contribution in [3.05, 3.63) is 70.3 Å². The summed E-state index contributed by atoms with van der Waals surface area (Å²) in [6, 6.07) is 12.9. The molecule has 0 radical (unpaired) electrons. The lowest BCUT2D eigenvalue weighted by Gasteiger charge is -2.21. The van der Waals surface area contributed by atoms with Crippen LogP contribution in [0.25, 0.3) is 0 Å². The van der Waals surface area contributed by atoms with E-state index in [0.717, 1.165) is 21.6 Å². The van der Waals surface area contributed by atoms with Crippen LogP contribution in [0.3, 0.4) is 0 Å². The van der Waals surface area contributed by atoms with Crippen molar-refractivity contribution in [1.82, 2.24) is 9.80 Å². The Morgan fingerprint density at radius 3 is 2.40 bits per heavy atom. The largest absolute Gasteiger partial charge is 0.340 e. The van der Waals surface area contributed by atoms with Gasteiger partial charge in [-0.15, -0.1) is 0 Å². The van der Waals surface area contributed by atoms with E-state index in [4.69, 9.17) is 0 Å². The molecule has 0 aromatic heterocycles. The average molecular weight is 336 g/mol. The molecule has 1 aliphatic rings. The number of benzene rings is 2. The molecule has 25 heavy (non-hydrogen) atoms. The Hall–Kier alpha value is -2.95. The van der Waals surface area contributed by atoms with Crippen LogP contribution in [0.2, 0.25) is 0 Å². The molecule has 2 aromatic rings. The van der Waals surface area contributed by atoms with Gasteiger partial charge in [0.15, 0.2) is 0 Å². The maximum atomic E-state index is 12.5. The van der Waals surface area contributed by atoms with Crippen molar-refractivity contribution in [1.29, 1.82) is 0 Å². The molecule has 0 bridgehead atoms. The molecule has 5 heteroatoms. The number of aryl methyl sites for hydroxylation is 2. The van der Waals surface area contributed by atoms with Crippen molar-refractivity contribution in [2.45, 2.75) is 20.4 Å². The molecule has 128 valence electrons. The Kier molecular flexibility index (Phi) is 4.40. The van der Waals surface area contributed by atoms with Gasteiger partial charge >= 0.3 is 0 Å². The number of likely N-dealkylation sites (N-methyl/N-ethyl adjacent to an activating group) is 1. The molecule has 5 nitrogen and oxygen atoms in total. The summed E-state index contributed by atoms with van der Waals surface area (Å²) in [7, 11) is 1.68. The number of carbonyl (C=O) groups excluding carboxylic acids is 3. The van der Waals surface area contributed by atoms with Crippen LogP contribution >= 0.6 is 0 Å². The van der Waals surface area contributed by atoms with Gasteiger partial charge in [0.1, 0.15) is 6.54 Å². The van der Waals surface area contributed by atoms with Crippen LogP contribution in [0.15, 0.2) is 42.5 Å². The van der Waals surface area contributed by atoms with Crippen LogP contribution in [0.4, 0.5) is 0 Å². The van der Waals surface area contributed by atoms with Crippen LogP contribution in [-0.4, -0.2) is 41.1 Å². The molecule has 0 N–H and O–H groups in total. The first kappa shape index (κ1) is 16.9. The molecule has 3 rings (SSSR count). The van der Waals surface area contributed by atoms with Gasteiger partial charge in [-0.05, 0) is 37.1 Å². The smallest absolute Gasteiger partial charge is 0.262 e. The van der Waals surface area contributed by atoms with Crippen LogP contribution in [0.1, 0.15) is 37.4 Å². The molecule has 3 amide bonds. The Balaban J connectivity index is 1.72. The summed E-state index contributed by atoms with van der Waals surface area (Å²) in [5, 5.41) is 0. The van der Waals surface area contributed by atoms with E-state index in [9.17, 15) is 14.4 Å². The molecule has 0 saturated carbocycles. The van der Waals surface area contributed by atoms with Crippen LogP contribution in [0, 0.1) is 13.8 Å². The highest BCUT2D eigenvalue weighted by atomic mass is 16.2. The summed E-state index contributed by atoms with van der Waals surface area (Å²) in [5.74, 6) is -1.08. The molecule has 0 unspecified atom stereocenters. The van der Waals surface area contributed by atoms with E-state index >= 15 is 0 Å². The summed E-state index contributed by atoms with van der Waals surface area (Å²) in [6.45, 7) is 4.05. The summed E-state index contributed by atoms with van der Waals surface area (Å²) in [5.41, 5.74) is 3.78. The zero-order chi connectivity index (χ0) is 18.1. The molecule has 0 fully saturated rings. The second-order valence-corrected chi connectivity index (χ2v) is 6.42. The van der Waals surface area contributed by atoms with Gasteiger partial charge in [-0.1, -0.05) is 35.9 Å². The standard InChI is InChI=1S/C20H20N2O3/c1-13-8-9-16-17(10-13)20(25)22(19(16)24)12-18(23)21(3)11-15-7-5-4-6-14(15)2/h4-10H,11-12H2,1-3H3. The van der Waals surface area contributed by atoms with Crippen LogP contribution in [-0.2, 0) is 11.3 Å². The molecular formula is C20H20N2O3. The van der Waals surface area contributed by atoms with Crippen molar-refractivity contribution < 1.29 is 14.4 Å². The highest BCUT2D eigenvalue weighted by Crippen LogP contribution is 2.24. The second-order valence-electron chi connectivity index (χ2n) is 6.42. The number of rotatable bonds is 4. The van der Waals surface area contributed by atoms with E-state index in [1.54, 1.807) is 25.2 Å². The third-order valence-electron chi connectivity index (χ3n) is 4.51. The predicted molar refractivity (Wildman–Crippen MR) is 94.2 cm³/mol. The third-order valence-corrected chi connectivity index (χ3v) is 4.51. The minimum atomic E-state index is -0.405. The normalized spacial score (nSPS) is 13.2. The molecule has 0 aliphatic carbocycles. The molecule has 1 aliphatic heterocycles. The fraction of sp³-hybridized carbons (Fsp3) is 0.250. The SMILES string of the molecule is Cc1ccc2c(c1)C(=O)N(CC(=O)N(C)Cc1ccccc1C)C2=O. The highest BCUT2D eigenvalue weighted by Gasteiger charge is 2.37. The van der Waals surface area contributed by atoms with E-state index in [2.05, 4.69) is 0 Å². The number of hydrogen-bond acceptors (Lipinski definition) is 3. The second kappa shape index (κ2) is 6.51. The summed E-state index contributed by atoms with van der Waals surface area (Å²) >= 11 is 0. The fourth-order valence-corrected chi connectivity index (χ4v) is 2.94. The van der Waals surface area contributed by atoms with E-state index in [1.165, 1.54) is 4.90 Å². The first-order valence-corrected chi connectivity index (χ1v) is 8.14. The lowest BCUT2D eigenvalue weighted by Crippen LogP contribution is -2.41. The Labute approximate surface area is 146 Å². The van der Waals surface area contributed by atoms with Crippen molar-refractivity contribution in [2.24, 2.45) is 0 Å². The first-order chi connectivity index (χ1) is 11.9. The first-order valence-electron chi connectivity index (χ1n) is 8.14. The quantitative estimate of drug-likeness (QED) is 0.806. The fourth-order valence-electron chi connectivity index (χ4n) is 2.94. The number of hydrogen-bond donors (Lipinski definition) is 0.